The van der Waals surface area contributed by atoms with E-state index >= 15 is 0 Å². The Bertz CT molecular complexity index is 733. The monoisotopic (exact) mass is 434 g/mol. The maximum absolute atomic E-state index is 12.7. The molecule has 0 radical (unpaired) electrons. The summed E-state index contributed by atoms with van der Waals surface area (Å²) in [6.07, 6.45) is 2.96. The third kappa shape index (κ3) is 7.72. The van der Waals surface area contributed by atoms with E-state index in [1.807, 2.05) is 44.2 Å². The van der Waals surface area contributed by atoms with Crippen LogP contribution < -0.4 is 10.6 Å². The predicted octanol–water partition coefficient (Wildman–Crippen LogP) is 0.738. The fraction of sp³-hybridized carbons (Fsp3) is 0.609. The van der Waals surface area contributed by atoms with Gasteiger partial charge in [0, 0.05) is 6.42 Å². The largest absolute Gasteiger partial charge is 0.394 e. The van der Waals surface area contributed by atoms with Crippen LogP contribution in [0.5, 0.6) is 0 Å². The maximum Gasteiger partial charge on any atom is 0.245 e. The Labute approximate surface area is 183 Å². The number of epoxide rings is 1. The lowest BCUT2D eigenvalue weighted by molar-refractivity contribution is -0.134. The molecular weight excluding hydrogens is 400 g/mol. The fourth-order valence-electron chi connectivity index (χ4n) is 3.41. The van der Waals surface area contributed by atoms with Gasteiger partial charge < -0.3 is 25.6 Å². The normalized spacial score (nSPS) is 19.5. The van der Waals surface area contributed by atoms with E-state index < -0.39 is 36.8 Å². The molecule has 1 aromatic rings. The van der Waals surface area contributed by atoms with Crippen LogP contribution in [0.25, 0.3) is 0 Å². The Kier molecular flexibility index (Phi) is 9.61. The zero-order chi connectivity index (χ0) is 22.9. The second-order valence-corrected chi connectivity index (χ2v) is 8.49. The predicted molar refractivity (Wildman–Crippen MR) is 115 cm³/mol. The fourth-order valence-corrected chi connectivity index (χ4v) is 3.41. The van der Waals surface area contributed by atoms with E-state index in [1.165, 1.54) is 5.56 Å². The first-order valence-electron chi connectivity index (χ1n) is 10.8. The highest BCUT2D eigenvalue weighted by atomic mass is 16.6. The van der Waals surface area contributed by atoms with Gasteiger partial charge in [-0.1, -0.05) is 44.2 Å². The van der Waals surface area contributed by atoms with E-state index in [2.05, 4.69) is 10.6 Å². The van der Waals surface area contributed by atoms with E-state index in [0.29, 0.717) is 12.8 Å². The lowest BCUT2D eigenvalue weighted by atomic mass is 9.92. The summed E-state index contributed by atoms with van der Waals surface area (Å²) < 4.78 is 5.12. The Morgan fingerprint density at radius 3 is 2.29 bits per heavy atom. The Hall–Kier alpha value is -2.29. The van der Waals surface area contributed by atoms with Gasteiger partial charge in [0.15, 0.2) is 11.4 Å². The highest BCUT2D eigenvalue weighted by Gasteiger charge is 2.54. The van der Waals surface area contributed by atoms with Crippen molar-refractivity contribution in [3.8, 4) is 0 Å². The second-order valence-electron chi connectivity index (χ2n) is 8.49. The number of hydrogen-bond acceptors (Lipinski definition) is 6. The molecule has 172 valence electrons. The van der Waals surface area contributed by atoms with Crippen molar-refractivity contribution in [3.05, 3.63) is 35.9 Å². The number of ketones is 1. The minimum Gasteiger partial charge on any atom is -0.394 e. The van der Waals surface area contributed by atoms with Crippen molar-refractivity contribution in [2.75, 3.05) is 19.8 Å². The van der Waals surface area contributed by atoms with Crippen molar-refractivity contribution in [2.45, 2.75) is 63.6 Å². The molecule has 1 fully saturated rings. The SMILES string of the molecule is CC(C)CC(NC(=O)[C@H](CO)NC(=O)CCCCc1ccccc1)C(=O)[C@]1(CO)CO1. The number of Topliss-reactive ketones (excluding diaryl/α,β-unsaturated/α-hetero) is 1. The minimum atomic E-state index is -1.25. The number of carbonyl (C=O) groups excluding carboxylic acids is 3. The van der Waals surface area contributed by atoms with Gasteiger partial charge >= 0.3 is 0 Å². The first kappa shape index (κ1) is 25.0. The number of aryl methyl sites for hydroxylation is 1. The zero-order valence-electron chi connectivity index (χ0n) is 18.3. The molecule has 0 aromatic heterocycles. The topological polar surface area (TPSA) is 128 Å². The molecule has 4 N–H and O–H groups in total. The number of unbranched alkanes of at least 4 members (excludes halogenated alkanes) is 1. The molecule has 0 spiro atoms. The molecule has 8 heteroatoms. The first-order valence-corrected chi connectivity index (χ1v) is 10.8. The van der Waals surface area contributed by atoms with Gasteiger partial charge in [-0.05, 0) is 37.2 Å². The molecule has 2 rings (SSSR count). The third-order valence-corrected chi connectivity index (χ3v) is 5.33. The molecule has 1 aromatic carbocycles. The van der Waals surface area contributed by atoms with Crippen LogP contribution in [0.4, 0.5) is 0 Å². The summed E-state index contributed by atoms with van der Waals surface area (Å²) in [5.74, 6) is -1.24. The number of nitrogens with one attached hydrogen (secondary N) is 2. The Balaban J connectivity index is 1.82. The lowest BCUT2D eigenvalue weighted by Gasteiger charge is -2.24. The highest BCUT2D eigenvalue weighted by Crippen LogP contribution is 2.30. The number of rotatable bonds is 14. The van der Waals surface area contributed by atoms with Crippen molar-refractivity contribution in [1.29, 1.82) is 0 Å². The van der Waals surface area contributed by atoms with Crippen LogP contribution in [0, 0.1) is 5.92 Å². The average molecular weight is 435 g/mol. The number of carbonyl (C=O) groups is 3. The number of hydrogen-bond donors (Lipinski definition) is 4. The van der Waals surface area contributed by atoms with Gasteiger partial charge in [-0.15, -0.1) is 0 Å². The molecule has 0 aliphatic carbocycles. The van der Waals surface area contributed by atoms with Crippen molar-refractivity contribution in [2.24, 2.45) is 5.92 Å². The third-order valence-electron chi connectivity index (χ3n) is 5.33. The van der Waals surface area contributed by atoms with Crippen LogP contribution in [0.3, 0.4) is 0 Å². The zero-order valence-corrected chi connectivity index (χ0v) is 18.3. The van der Waals surface area contributed by atoms with E-state index in [0.717, 1.165) is 12.8 Å². The molecule has 31 heavy (non-hydrogen) atoms. The average Bonchev–Trinajstić information content (AvgIpc) is 3.55. The van der Waals surface area contributed by atoms with Crippen molar-refractivity contribution in [1.82, 2.24) is 10.6 Å². The summed E-state index contributed by atoms with van der Waals surface area (Å²) in [7, 11) is 0. The number of amides is 2. The van der Waals surface area contributed by atoms with Crippen molar-refractivity contribution < 1.29 is 29.3 Å². The number of benzene rings is 1. The van der Waals surface area contributed by atoms with Crippen LogP contribution in [-0.4, -0.2) is 65.3 Å². The van der Waals surface area contributed by atoms with Gasteiger partial charge in [0.25, 0.3) is 0 Å². The molecule has 2 amide bonds. The number of aliphatic hydroxyl groups is 2. The molecule has 0 bridgehead atoms. The lowest BCUT2D eigenvalue weighted by Crippen LogP contribution is -2.55. The molecule has 1 aliphatic rings. The van der Waals surface area contributed by atoms with Gasteiger partial charge in [0.2, 0.25) is 11.8 Å². The molecule has 8 nitrogen and oxygen atoms in total. The highest BCUT2D eigenvalue weighted by molar-refractivity contribution is 5.98. The molecule has 1 heterocycles. The van der Waals surface area contributed by atoms with Crippen LogP contribution in [0.1, 0.15) is 45.1 Å². The van der Waals surface area contributed by atoms with E-state index in [-0.39, 0.29) is 30.6 Å². The number of aliphatic hydroxyl groups excluding tert-OH is 2. The molecule has 1 unspecified atom stereocenters. The minimum absolute atomic E-state index is 0.107. The summed E-state index contributed by atoms with van der Waals surface area (Å²) in [6, 6.07) is 7.97. The van der Waals surface area contributed by atoms with Crippen molar-refractivity contribution >= 4 is 17.6 Å². The summed E-state index contributed by atoms with van der Waals surface area (Å²) in [5, 5.41) is 24.2. The molecule has 1 saturated heterocycles. The standard InChI is InChI=1S/C23H34N2O6/c1-16(2)12-18(21(29)23(14-27)15-31-23)25-22(30)19(13-26)24-20(28)11-7-6-10-17-8-4-3-5-9-17/h3-5,8-9,16,18-19,26-27H,6-7,10-15H2,1-2H3,(H,24,28)(H,25,30)/t18?,19-,23-/m0/s1. The van der Waals surface area contributed by atoms with Crippen molar-refractivity contribution in [3.63, 3.8) is 0 Å². The van der Waals surface area contributed by atoms with Gasteiger partial charge in [-0.3, -0.25) is 14.4 Å². The Morgan fingerprint density at radius 2 is 1.74 bits per heavy atom. The summed E-state index contributed by atoms with van der Waals surface area (Å²) in [5.41, 5.74) is -0.0412. The van der Waals surface area contributed by atoms with E-state index in [1.54, 1.807) is 0 Å². The number of ether oxygens (including phenoxy) is 1. The molecular formula is C23H34N2O6. The smallest absolute Gasteiger partial charge is 0.245 e. The van der Waals surface area contributed by atoms with Gasteiger partial charge in [0.1, 0.15) is 6.04 Å². The summed E-state index contributed by atoms with van der Waals surface area (Å²) in [4.78, 5) is 37.5. The van der Waals surface area contributed by atoms with Crippen LogP contribution in [0.2, 0.25) is 0 Å². The quantitative estimate of drug-likeness (QED) is 0.253. The van der Waals surface area contributed by atoms with Crippen LogP contribution in [0.15, 0.2) is 30.3 Å². The van der Waals surface area contributed by atoms with Gasteiger partial charge in [-0.25, -0.2) is 0 Å². The molecule has 1 aliphatic heterocycles. The second kappa shape index (κ2) is 11.9. The van der Waals surface area contributed by atoms with E-state index in [9.17, 15) is 24.6 Å². The first-order chi connectivity index (χ1) is 14.8. The van der Waals surface area contributed by atoms with Gasteiger partial charge in [0.05, 0.1) is 25.9 Å². The Morgan fingerprint density at radius 1 is 1.06 bits per heavy atom. The molecule has 0 saturated carbocycles. The summed E-state index contributed by atoms with van der Waals surface area (Å²) in [6.45, 7) is 2.92. The van der Waals surface area contributed by atoms with E-state index in [4.69, 9.17) is 4.74 Å². The molecule has 3 atom stereocenters. The van der Waals surface area contributed by atoms with Crippen LogP contribution >= 0.6 is 0 Å². The summed E-state index contributed by atoms with van der Waals surface area (Å²) >= 11 is 0. The maximum atomic E-state index is 12.7. The van der Waals surface area contributed by atoms with Crippen LogP contribution in [-0.2, 0) is 25.5 Å². The van der Waals surface area contributed by atoms with Gasteiger partial charge in [-0.2, -0.15) is 0 Å².